The molecule has 3 aromatic carbocycles. The molecule has 28 heavy (non-hydrogen) atoms. The molecule has 1 aliphatic heterocycles. The van der Waals surface area contributed by atoms with E-state index in [0.717, 1.165) is 27.9 Å². The molecule has 4 aromatic rings. The van der Waals surface area contributed by atoms with Crippen LogP contribution in [-0.2, 0) is 6.61 Å². The van der Waals surface area contributed by atoms with Crippen molar-refractivity contribution in [3.8, 4) is 17.2 Å². The van der Waals surface area contributed by atoms with Crippen LogP contribution in [0, 0.1) is 0 Å². The summed E-state index contributed by atoms with van der Waals surface area (Å²) in [4.78, 5) is 8.70. The van der Waals surface area contributed by atoms with Gasteiger partial charge in [-0.15, -0.1) is 0 Å². The summed E-state index contributed by atoms with van der Waals surface area (Å²) >= 11 is 0. The molecule has 0 saturated heterocycles. The second kappa shape index (κ2) is 7.08. The number of hydrogen-bond donors (Lipinski definition) is 1. The Morgan fingerprint density at radius 1 is 0.893 bits per heavy atom. The van der Waals surface area contributed by atoms with E-state index in [1.165, 1.54) is 6.33 Å². The molecular formula is C22H17N3O3. The number of fused-ring (bicyclic) bond motifs is 2. The zero-order valence-corrected chi connectivity index (χ0v) is 15.0. The summed E-state index contributed by atoms with van der Waals surface area (Å²) in [5.74, 6) is 2.93. The molecule has 6 heteroatoms. The molecule has 0 fully saturated rings. The third-order valence-corrected chi connectivity index (χ3v) is 4.50. The Balaban J connectivity index is 1.33. The molecule has 1 aliphatic rings. The maximum atomic E-state index is 5.83. The monoisotopic (exact) mass is 371 g/mol. The highest BCUT2D eigenvalue weighted by molar-refractivity contribution is 5.93. The van der Waals surface area contributed by atoms with Gasteiger partial charge in [0, 0.05) is 17.1 Å². The molecule has 0 aliphatic carbocycles. The van der Waals surface area contributed by atoms with E-state index in [2.05, 4.69) is 15.3 Å². The van der Waals surface area contributed by atoms with E-state index in [4.69, 9.17) is 14.2 Å². The quantitative estimate of drug-likeness (QED) is 0.549. The molecule has 0 unspecified atom stereocenters. The van der Waals surface area contributed by atoms with E-state index in [-0.39, 0.29) is 6.79 Å². The van der Waals surface area contributed by atoms with Gasteiger partial charge in [-0.05, 0) is 35.9 Å². The second-order valence-electron chi connectivity index (χ2n) is 6.37. The molecule has 0 radical (unpaired) electrons. The summed E-state index contributed by atoms with van der Waals surface area (Å²) in [6.45, 7) is 0.767. The first-order chi connectivity index (χ1) is 13.8. The summed E-state index contributed by atoms with van der Waals surface area (Å²) in [5.41, 5.74) is 2.84. The van der Waals surface area contributed by atoms with Crippen molar-refractivity contribution in [2.45, 2.75) is 6.61 Å². The number of hydrogen-bond acceptors (Lipinski definition) is 6. The Morgan fingerprint density at radius 3 is 2.50 bits per heavy atom. The lowest BCUT2D eigenvalue weighted by Gasteiger charge is -2.10. The zero-order valence-electron chi connectivity index (χ0n) is 15.0. The highest BCUT2D eigenvalue weighted by atomic mass is 16.7. The average Bonchev–Trinajstić information content (AvgIpc) is 3.20. The van der Waals surface area contributed by atoms with Crippen LogP contribution in [-0.4, -0.2) is 16.8 Å². The maximum absolute atomic E-state index is 5.83. The minimum Gasteiger partial charge on any atom is -0.489 e. The normalized spacial score (nSPS) is 12.1. The van der Waals surface area contributed by atoms with Gasteiger partial charge < -0.3 is 19.5 Å². The lowest BCUT2D eigenvalue weighted by Crippen LogP contribution is -1.97. The SMILES string of the molecule is c1ccc(COc2ccc(Nc3ncnc4cc5c(cc34)OCO5)cc2)cc1. The topological polar surface area (TPSA) is 65.5 Å². The molecule has 1 N–H and O–H groups in total. The molecule has 138 valence electrons. The van der Waals surface area contributed by atoms with E-state index in [1.807, 2.05) is 66.7 Å². The summed E-state index contributed by atoms with van der Waals surface area (Å²) in [5, 5.41) is 4.21. The molecule has 0 spiro atoms. The number of nitrogens with one attached hydrogen (secondary N) is 1. The van der Waals surface area contributed by atoms with Crippen LogP contribution < -0.4 is 19.5 Å². The largest absolute Gasteiger partial charge is 0.489 e. The number of nitrogens with zero attached hydrogens (tertiary/aromatic N) is 2. The molecule has 2 heterocycles. The van der Waals surface area contributed by atoms with Crippen LogP contribution >= 0.6 is 0 Å². The first-order valence-corrected chi connectivity index (χ1v) is 8.93. The number of benzene rings is 3. The summed E-state index contributed by atoms with van der Waals surface area (Å²) < 4.78 is 16.7. The fourth-order valence-corrected chi connectivity index (χ4v) is 3.06. The molecule has 6 nitrogen and oxygen atoms in total. The standard InChI is InChI=1S/C22H17N3O3/c1-2-4-15(5-3-1)12-26-17-8-6-16(7-9-17)25-22-18-10-20-21(28-14-27-20)11-19(18)23-13-24-22/h1-11,13H,12,14H2,(H,23,24,25). The van der Waals surface area contributed by atoms with Gasteiger partial charge in [0.05, 0.1) is 5.52 Å². The van der Waals surface area contributed by atoms with Crippen molar-refractivity contribution in [2.75, 3.05) is 12.1 Å². The van der Waals surface area contributed by atoms with Crippen molar-refractivity contribution in [1.29, 1.82) is 0 Å². The molecule has 0 atom stereocenters. The average molecular weight is 371 g/mol. The van der Waals surface area contributed by atoms with Gasteiger partial charge in [-0.1, -0.05) is 30.3 Å². The Labute approximate surface area is 161 Å². The second-order valence-corrected chi connectivity index (χ2v) is 6.37. The van der Waals surface area contributed by atoms with E-state index >= 15 is 0 Å². The molecule has 0 amide bonds. The van der Waals surface area contributed by atoms with Crippen molar-refractivity contribution in [2.24, 2.45) is 0 Å². The lowest BCUT2D eigenvalue weighted by molar-refractivity contribution is 0.174. The molecule has 0 saturated carbocycles. The van der Waals surface area contributed by atoms with E-state index in [0.29, 0.717) is 23.9 Å². The third-order valence-electron chi connectivity index (χ3n) is 4.50. The Kier molecular flexibility index (Phi) is 4.14. The van der Waals surface area contributed by atoms with E-state index in [9.17, 15) is 0 Å². The smallest absolute Gasteiger partial charge is 0.231 e. The maximum Gasteiger partial charge on any atom is 0.231 e. The van der Waals surface area contributed by atoms with E-state index in [1.54, 1.807) is 0 Å². The van der Waals surface area contributed by atoms with Crippen molar-refractivity contribution in [3.63, 3.8) is 0 Å². The predicted octanol–water partition coefficient (Wildman–Crippen LogP) is 4.68. The van der Waals surface area contributed by atoms with Crippen LogP contribution in [0.4, 0.5) is 11.5 Å². The van der Waals surface area contributed by atoms with Gasteiger partial charge in [-0.3, -0.25) is 0 Å². The van der Waals surface area contributed by atoms with Crippen molar-refractivity contribution < 1.29 is 14.2 Å². The lowest BCUT2D eigenvalue weighted by atomic mass is 10.2. The van der Waals surface area contributed by atoms with Crippen molar-refractivity contribution >= 4 is 22.4 Å². The van der Waals surface area contributed by atoms with Crippen LogP contribution in [0.15, 0.2) is 73.1 Å². The first-order valence-electron chi connectivity index (χ1n) is 8.93. The molecular weight excluding hydrogens is 354 g/mol. The first kappa shape index (κ1) is 16.4. The van der Waals surface area contributed by atoms with Gasteiger partial charge in [0.15, 0.2) is 11.5 Å². The van der Waals surface area contributed by atoms with Gasteiger partial charge >= 0.3 is 0 Å². The van der Waals surface area contributed by atoms with Gasteiger partial charge in [0.2, 0.25) is 6.79 Å². The van der Waals surface area contributed by atoms with E-state index < -0.39 is 0 Å². The fourth-order valence-electron chi connectivity index (χ4n) is 3.06. The number of ether oxygens (including phenoxy) is 3. The third kappa shape index (κ3) is 3.27. The van der Waals surface area contributed by atoms with Crippen LogP contribution in [0.1, 0.15) is 5.56 Å². The van der Waals surface area contributed by atoms with Crippen LogP contribution in [0.5, 0.6) is 17.2 Å². The number of anilines is 2. The van der Waals surface area contributed by atoms with Crippen molar-refractivity contribution in [3.05, 3.63) is 78.6 Å². The molecule has 0 bridgehead atoms. The Bertz CT molecular complexity index is 1120. The van der Waals surface area contributed by atoms with Gasteiger partial charge in [-0.25, -0.2) is 9.97 Å². The Hall–Kier alpha value is -3.80. The number of aromatic nitrogens is 2. The highest BCUT2D eigenvalue weighted by Crippen LogP contribution is 2.37. The van der Waals surface area contributed by atoms with Gasteiger partial charge in [0.25, 0.3) is 0 Å². The number of rotatable bonds is 5. The van der Waals surface area contributed by atoms with Crippen LogP contribution in [0.25, 0.3) is 10.9 Å². The summed E-state index contributed by atoms with van der Waals surface area (Å²) in [7, 11) is 0. The minimum absolute atomic E-state index is 0.228. The summed E-state index contributed by atoms with van der Waals surface area (Å²) in [6.07, 6.45) is 1.53. The van der Waals surface area contributed by atoms with Crippen LogP contribution in [0.3, 0.4) is 0 Å². The van der Waals surface area contributed by atoms with Crippen LogP contribution in [0.2, 0.25) is 0 Å². The van der Waals surface area contributed by atoms with Gasteiger partial charge in [-0.2, -0.15) is 0 Å². The Morgan fingerprint density at radius 2 is 1.68 bits per heavy atom. The minimum atomic E-state index is 0.228. The molecule has 1 aromatic heterocycles. The zero-order chi connectivity index (χ0) is 18.8. The fraction of sp³-hybridized carbons (Fsp3) is 0.0909. The highest BCUT2D eigenvalue weighted by Gasteiger charge is 2.16. The van der Waals surface area contributed by atoms with Gasteiger partial charge in [0.1, 0.15) is 24.5 Å². The summed E-state index contributed by atoms with van der Waals surface area (Å²) in [6, 6.07) is 21.6. The predicted molar refractivity (Wildman–Crippen MR) is 106 cm³/mol. The molecule has 5 rings (SSSR count). The van der Waals surface area contributed by atoms with Crippen molar-refractivity contribution in [1.82, 2.24) is 9.97 Å².